The van der Waals surface area contributed by atoms with Crippen LogP contribution in [0.4, 0.5) is 5.69 Å². The molecular weight excluding hydrogens is 383 g/mol. The summed E-state index contributed by atoms with van der Waals surface area (Å²) in [7, 11) is 0. The minimum atomic E-state index is -0.456. The third-order valence-corrected chi connectivity index (χ3v) is 5.09. The van der Waals surface area contributed by atoms with Gasteiger partial charge in [0.05, 0.1) is 16.9 Å². The Bertz CT molecular complexity index is 886. The molecule has 0 atom stereocenters. The van der Waals surface area contributed by atoms with Gasteiger partial charge in [-0.3, -0.25) is 19.7 Å². The molecule has 0 radical (unpaired) electrons. The summed E-state index contributed by atoms with van der Waals surface area (Å²) >= 11 is 13.3. The number of carbonyl (C=O) groups is 3. The van der Waals surface area contributed by atoms with E-state index in [9.17, 15) is 14.4 Å². The number of amides is 3. The van der Waals surface area contributed by atoms with Crippen LogP contribution in [0.1, 0.15) is 26.3 Å². The number of hydrogen-bond acceptors (Lipinski definition) is 4. The van der Waals surface area contributed by atoms with Gasteiger partial charge >= 0.3 is 0 Å². The van der Waals surface area contributed by atoms with Crippen molar-refractivity contribution in [1.82, 2.24) is 5.32 Å². The maximum atomic E-state index is 12.0. The van der Waals surface area contributed by atoms with Gasteiger partial charge < -0.3 is 5.32 Å². The first-order valence-corrected chi connectivity index (χ1v) is 9.16. The molecule has 1 heterocycles. The van der Waals surface area contributed by atoms with Crippen LogP contribution in [0.3, 0.4) is 0 Å². The lowest BCUT2D eigenvalue weighted by Gasteiger charge is -2.07. The number of nitrogens with one attached hydrogen (secondary N) is 2. The molecule has 2 aromatic rings. The Morgan fingerprint density at radius 3 is 2.56 bits per heavy atom. The Balaban J connectivity index is 1.56. The van der Waals surface area contributed by atoms with Crippen molar-refractivity contribution in [2.45, 2.75) is 5.75 Å². The second-order valence-corrected chi connectivity index (χ2v) is 7.15. The maximum Gasteiger partial charge on any atom is 0.259 e. The van der Waals surface area contributed by atoms with Gasteiger partial charge in [-0.1, -0.05) is 29.3 Å². The summed E-state index contributed by atoms with van der Waals surface area (Å²) in [6.07, 6.45) is 0. The van der Waals surface area contributed by atoms with Gasteiger partial charge in [0, 0.05) is 21.5 Å². The molecule has 25 heavy (non-hydrogen) atoms. The van der Waals surface area contributed by atoms with Gasteiger partial charge in [0.15, 0.2) is 0 Å². The van der Waals surface area contributed by atoms with Gasteiger partial charge in [-0.2, -0.15) is 0 Å². The predicted octanol–water partition coefficient (Wildman–Crippen LogP) is 3.75. The summed E-state index contributed by atoms with van der Waals surface area (Å²) < 4.78 is 0. The molecule has 8 heteroatoms. The van der Waals surface area contributed by atoms with Crippen LogP contribution in [0.15, 0.2) is 36.4 Å². The fourth-order valence-electron chi connectivity index (χ4n) is 2.34. The number of hydrogen-bond donors (Lipinski definition) is 2. The lowest BCUT2D eigenvalue weighted by Crippen LogP contribution is -2.19. The van der Waals surface area contributed by atoms with Crippen LogP contribution in [0.5, 0.6) is 0 Å². The van der Waals surface area contributed by atoms with Gasteiger partial charge in [0.1, 0.15) is 0 Å². The van der Waals surface area contributed by atoms with E-state index < -0.39 is 11.8 Å². The zero-order valence-electron chi connectivity index (χ0n) is 12.8. The molecule has 5 nitrogen and oxygen atoms in total. The van der Waals surface area contributed by atoms with Crippen LogP contribution in [0, 0.1) is 0 Å². The van der Waals surface area contributed by atoms with Crippen LogP contribution in [-0.2, 0) is 10.5 Å². The number of halogens is 2. The number of fused-ring (bicyclic) bond motifs is 1. The molecule has 0 unspecified atom stereocenters. The smallest absolute Gasteiger partial charge is 0.259 e. The minimum Gasteiger partial charge on any atom is -0.325 e. The Labute approximate surface area is 158 Å². The molecule has 128 valence electrons. The molecule has 0 fully saturated rings. The summed E-state index contributed by atoms with van der Waals surface area (Å²) in [5.74, 6) is -0.290. The number of anilines is 1. The molecule has 0 bridgehead atoms. The first kappa shape index (κ1) is 17.8. The highest BCUT2D eigenvalue weighted by molar-refractivity contribution is 7.99. The number of carbonyl (C=O) groups excluding carboxylic acids is 3. The number of imide groups is 1. The van der Waals surface area contributed by atoms with Crippen LogP contribution >= 0.6 is 35.0 Å². The normalized spacial score (nSPS) is 12.7. The van der Waals surface area contributed by atoms with E-state index in [1.165, 1.54) is 23.9 Å². The van der Waals surface area contributed by atoms with Gasteiger partial charge in [-0.25, -0.2) is 0 Å². The van der Waals surface area contributed by atoms with E-state index in [0.717, 1.165) is 5.56 Å². The van der Waals surface area contributed by atoms with E-state index in [-0.39, 0.29) is 17.2 Å². The van der Waals surface area contributed by atoms with Crippen LogP contribution in [0.25, 0.3) is 0 Å². The SMILES string of the molecule is O=C(CSCc1ccc(Cl)cc1Cl)Nc1ccc2c(c1)C(=O)NC2=O. The van der Waals surface area contributed by atoms with E-state index in [4.69, 9.17) is 23.2 Å². The summed E-state index contributed by atoms with van der Waals surface area (Å²) in [5.41, 5.74) is 1.95. The average Bonchev–Trinajstić information content (AvgIpc) is 2.84. The van der Waals surface area contributed by atoms with Gasteiger partial charge in [0.2, 0.25) is 5.91 Å². The highest BCUT2D eigenvalue weighted by atomic mass is 35.5. The molecule has 0 aliphatic carbocycles. The summed E-state index contributed by atoms with van der Waals surface area (Å²) in [4.78, 5) is 35.2. The first-order valence-electron chi connectivity index (χ1n) is 7.25. The summed E-state index contributed by atoms with van der Waals surface area (Å²) in [6.45, 7) is 0. The predicted molar refractivity (Wildman–Crippen MR) is 99.5 cm³/mol. The maximum absolute atomic E-state index is 12.0. The largest absolute Gasteiger partial charge is 0.325 e. The second-order valence-electron chi connectivity index (χ2n) is 5.32. The van der Waals surface area contributed by atoms with Gasteiger partial charge in [-0.15, -0.1) is 11.8 Å². The molecule has 0 aromatic heterocycles. The molecule has 0 spiro atoms. The fourth-order valence-corrected chi connectivity index (χ4v) is 3.72. The van der Waals surface area contributed by atoms with Crippen molar-refractivity contribution >= 4 is 58.4 Å². The highest BCUT2D eigenvalue weighted by Crippen LogP contribution is 2.25. The number of thioether (sulfide) groups is 1. The summed E-state index contributed by atoms with van der Waals surface area (Å²) in [5, 5.41) is 6.05. The number of rotatable bonds is 5. The van der Waals surface area contributed by atoms with E-state index in [2.05, 4.69) is 10.6 Å². The van der Waals surface area contributed by atoms with Crippen molar-refractivity contribution in [2.24, 2.45) is 0 Å². The van der Waals surface area contributed by atoms with E-state index in [1.807, 2.05) is 6.07 Å². The minimum absolute atomic E-state index is 0.209. The highest BCUT2D eigenvalue weighted by Gasteiger charge is 2.26. The quantitative estimate of drug-likeness (QED) is 0.757. The average molecular weight is 395 g/mol. The van der Waals surface area contributed by atoms with Gasteiger partial charge in [0.25, 0.3) is 11.8 Å². The topological polar surface area (TPSA) is 75.3 Å². The molecule has 1 aliphatic heterocycles. The molecule has 3 rings (SSSR count). The van der Waals surface area contributed by atoms with E-state index in [0.29, 0.717) is 27.0 Å². The van der Waals surface area contributed by atoms with Crippen molar-refractivity contribution < 1.29 is 14.4 Å². The molecule has 0 saturated carbocycles. The molecule has 1 aliphatic rings. The molecule has 0 saturated heterocycles. The molecule has 2 N–H and O–H groups in total. The fraction of sp³-hybridized carbons (Fsp3) is 0.118. The van der Waals surface area contributed by atoms with Crippen molar-refractivity contribution in [3.63, 3.8) is 0 Å². The Morgan fingerprint density at radius 2 is 1.80 bits per heavy atom. The lowest BCUT2D eigenvalue weighted by molar-refractivity contribution is -0.113. The Morgan fingerprint density at radius 1 is 1.04 bits per heavy atom. The van der Waals surface area contributed by atoms with Crippen molar-refractivity contribution in [3.05, 3.63) is 63.1 Å². The zero-order chi connectivity index (χ0) is 18.0. The van der Waals surface area contributed by atoms with Crippen molar-refractivity contribution in [2.75, 3.05) is 11.1 Å². The zero-order valence-corrected chi connectivity index (χ0v) is 15.1. The van der Waals surface area contributed by atoms with Crippen LogP contribution < -0.4 is 10.6 Å². The van der Waals surface area contributed by atoms with Crippen LogP contribution in [-0.4, -0.2) is 23.5 Å². The first-order chi connectivity index (χ1) is 11.9. The van der Waals surface area contributed by atoms with Crippen molar-refractivity contribution in [3.8, 4) is 0 Å². The molecular formula is C17H12Cl2N2O3S. The second kappa shape index (κ2) is 7.47. The van der Waals surface area contributed by atoms with E-state index >= 15 is 0 Å². The van der Waals surface area contributed by atoms with Crippen LogP contribution in [0.2, 0.25) is 10.0 Å². The third-order valence-electron chi connectivity index (χ3n) is 3.53. The monoisotopic (exact) mass is 394 g/mol. The third kappa shape index (κ3) is 4.15. The summed E-state index contributed by atoms with van der Waals surface area (Å²) in [6, 6.07) is 9.84. The standard InChI is InChI=1S/C17H12Cl2N2O3S/c18-10-2-1-9(14(19)5-10)7-25-8-15(22)20-11-3-4-12-13(6-11)17(24)21-16(12)23/h1-6H,7-8H2,(H,20,22)(H,21,23,24). The lowest BCUT2D eigenvalue weighted by atomic mass is 10.1. The van der Waals surface area contributed by atoms with Crippen molar-refractivity contribution in [1.29, 1.82) is 0 Å². The van der Waals surface area contributed by atoms with Gasteiger partial charge in [-0.05, 0) is 35.9 Å². The molecule has 3 amide bonds. The Hall–Kier alpha value is -2.02. The Kier molecular flexibility index (Phi) is 5.32. The molecule has 2 aromatic carbocycles. The number of benzene rings is 2. The van der Waals surface area contributed by atoms with E-state index in [1.54, 1.807) is 18.2 Å².